The van der Waals surface area contributed by atoms with Gasteiger partial charge in [0.2, 0.25) is 0 Å². The first-order valence-electron chi connectivity index (χ1n) is 9.72. The van der Waals surface area contributed by atoms with Crippen LogP contribution in [0.2, 0.25) is 10.0 Å². The van der Waals surface area contributed by atoms with E-state index >= 15 is 0 Å². The summed E-state index contributed by atoms with van der Waals surface area (Å²) >= 11 is 11.9. The van der Waals surface area contributed by atoms with Gasteiger partial charge in [-0.25, -0.2) is 10.2 Å². The Morgan fingerprint density at radius 2 is 1.78 bits per heavy atom. The lowest BCUT2D eigenvalue weighted by Crippen LogP contribution is -2.18. The van der Waals surface area contributed by atoms with Crippen LogP contribution in [0.5, 0.6) is 11.5 Å². The molecule has 3 aromatic rings. The monoisotopic (exact) mass is 470 g/mol. The van der Waals surface area contributed by atoms with Crippen LogP contribution in [-0.2, 0) is 0 Å². The van der Waals surface area contributed by atoms with Crippen LogP contribution >= 0.6 is 23.2 Å². The Morgan fingerprint density at radius 1 is 1.00 bits per heavy atom. The molecular formula is C24H20Cl2N2O4. The molecule has 0 saturated heterocycles. The Labute approximate surface area is 195 Å². The highest BCUT2D eigenvalue weighted by atomic mass is 35.5. The third-order valence-electron chi connectivity index (χ3n) is 4.39. The minimum Gasteiger partial charge on any atom is -0.490 e. The lowest BCUT2D eigenvalue weighted by Gasteiger charge is -2.11. The van der Waals surface area contributed by atoms with E-state index in [1.54, 1.807) is 30.3 Å². The van der Waals surface area contributed by atoms with Crippen LogP contribution in [0.4, 0.5) is 0 Å². The van der Waals surface area contributed by atoms with Crippen molar-refractivity contribution in [2.24, 2.45) is 5.10 Å². The maximum Gasteiger partial charge on any atom is 0.343 e. The molecule has 0 aromatic heterocycles. The number of benzene rings is 3. The maximum atomic E-state index is 12.5. The van der Waals surface area contributed by atoms with E-state index in [2.05, 4.69) is 10.5 Å². The summed E-state index contributed by atoms with van der Waals surface area (Å²) in [5.74, 6) is -0.313. The van der Waals surface area contributed by atoms with Gasteiger partial charge in [-0.15, -0.1) is 0 Å². The number of nitrogens with zero attached hydrogens (tertiary/aromatic N) is 1. The number of carbonyl (C=O) groups excluding carboxylic acids is 2. The smallest absolute Gasteiger partial charge is 0.343 e. The number of nitrogens with one attached hydrogen (secondary N) is 1. The first-order valence-corrected chi connectivity index (χ1v) is 10.5. The van der Waals surface area contributed by atoms with Gasteiger partial charge in [0.25, 0.3) is 5.91 Å². The number of hydrogen-bond donors (Lipinski definition) is 1. The van der Waals surface area contributed by atoms with Crippen molar-refractivity contribution in [3.05, 3.63) is 93.0 Å². The molecule has 6 nitrogen and oxygen atoms in total. The topological polar surface area (TPSA) is 77.0 Å². The van der Waals surface area contributed by atoms with Crippen molar-refractivity contribution >= 4 is 41.3 Å². The highest BCUT2D eigenvalue weighted by Gasteiger charge is 2.14. The zero-order valence-corrected chi connectivity index (χ0v) is 18.9. The van der Waals surface area contributed by atoms with E-state index in [4.69, 9.17) is 32.7 Å². The van der Waals surface area contributed by atoms with Gasteiger partial charge in [0.1, 0.15) is 0 Å². The fourth-order valence-corrected chi connectivity index (χ4v) is 3.09. The summed E-state index contributed by atoms with van der Waals surface area (Å²) in [6.45, 7) is 4.03. The zero-order chi connectivity index (χ0) is 23.1. The van der Waals surface area contributed by atoms with Gasteiger partial charge in [-0.3, -0.25) is 4.79 Å². The summed E-state index contributed by atoms with van der Waals surface area (Å²) in [6, 6.07) is 16.6. The standard InChI is InChI=1S/C24H20Cl2N2O4/c1-3-31-22-12-16(14-27-28-23(29)18-7-5-4-6-15(18)2)8-11-21(22)32-24(30)17-9-10-19(25)20(26)13-17/h4-14H,3H2,1-2H3,(H,28,29)/b27-14-. The third-order valence-corrected chi connectivity index (χ3v) is 5.13. The van der Waals surface area contributed by atoms with Crippen molar-refractivity contribution in [1.29, 1.82) is 0 Å². The van der Waals surface area contributed by atoms with E-state index in [0.717, 1.165) is 5.56 Å². The molecule has 8 heteroatoms. The predicted octanol–water partition coefficient (Wildman–Crippen LogP) is 5.68. The molecule has 3 aromatic carbocycles. The van der Waals surface area contributed by atoms with Crippen molar-refractivity contribution in [2.75, 3.05) is 6.61 Å². The van der Waals surface area contributed by atoms with Crippen LogP contribution < -0.4 is 14.9 Å². The van der Waals surface area contributed by atoms with E-state index in [-0.39, 0.29) is 22.2 Å². The van der Waals surface area contributed by atoms with Crippen molar-refractivity contribution < 1.29 is 19.1 Å². The minimum absolute atomic E-state index is 0.240. The van der Waals surface area contributed by atoms with Crippen LogP contribution in [0, 0.1) is 6.92 Å². The molecule has 0 spiro atoms. The van der Waals surface area contributed by atoms with E-state index in [0.29, 0.717) is 28.5 Å². The Hall–Kier alpha value is -3.35. The fraction of sp³-hybridized carbons (Fsp3) is 0.125. The van der Waals surface area contributed by atoms with Crippen molar-refractivity contribution in [3.63, 3.8) is 0 Å². The molecule has 0 fully saturated rings. The van der Waals surface area contributed by atoms with E-state index in [1.807, 2.05) is 26.0 Å². The highest BCUT2D eigenvalue weighted by Crippen LogP contribution is 2.30. The van der Waals surface area contributed by atoms with Gasteiger partial charge in [0.15, 0.2) is 11.5 Å². The average Bonchev–Trinajstić information content (AvgIpc) is 2.77. The van der Waals surface area contributed by atoms with Crippen LogP contribution in [0.1, 0.15) is 38.8 Å². The Morgan fingerprint density at radius 3 is 2.50 bits per heavy atom. The number of amides is 1. The Balaban J connectivity index is 1.73. The highest BCUT2D eigenvalue weighted by molar-refractivity contribution is 6.42. The number of carbonyl (C=O) groups is 2. The molecule has 0 aliphatic heterocycles. The van der Waals surface area contributed by atoms with Crippen molar-refractivity contribution in [3.8, 4) is 11.5 Å². The molecule has 1 N–H and O–H groups in total. The molecule has 164 valence electrons. The predicted molar refractivity (Wildman–Crippen MR) is 125 cm³/mol. The fourth-order valence-electron chi connectivity index (χ4n) is 2.79. The van der Waals surface area contributed by atoms with Gasteiger partial charge in [-0.2, -0.15) is 5.10 Å². The SMILES string of the molecule is CCOc1cc(/C=N\NC(=O)c2ccccc2C)ccc1OC(=O)c1ccc(Cl)c(Cl)c1. The summed E-state index contributed by atoms with van der Waals surface area (Å²) in [4.78, 5) is 24.7. The van der Waals surface area contributed by atoms with Crippen molar-refractivity contribution in [1.82, 2.24) is 5.43 Å². The molecule has 32 heavy (non-hydrogen) atoms. The molecule has 0 heterocycles. The van der Waals surface area contributed by atoms with Crippen molar-refractivity contribution in [2.45, 2.75) is 13.8 Å². The molecule has 0 unspecified atom stereocenters. The van der Waals surface area contributed by atoms with Crippen LogP contribution in [0.25, 0.3) is 0 Å². The number of halogens is 2. The summed E-state index contributed by atoms with van der Waals surface area (Å²) < 4.78 is 11.1. The van der Waals surface area contributed by atoms with Crippen LogP contribution in [0.3, 0.4) is 0 Å². The molecule has 0 aliphatic rings. The number of esters is 1. The second-order valence-corrected chi connectivity index (χ2v) is 7.49. The molecule has 1 amide bonds. The molecule has 0 bridgehead atoms. The lowest BCUT2D eigenvalue weighted by molar-refractivity contribution is 0.0728. The molecule has 3 rings (SSSR count). The first-order chi connectivity index (χ1) is 15.4. The van der Waals surface area contributed by atoms with Gasteiger partial charge >= 0.3 is 5.97 Å². The second kappa shape index (κ2) is 10.8. The second-order valence-electron chi connectivity index (χ2n) is 6.67. The lowest BCUT2D eigenvalue weighted by atomic mass is 10.1. The molecule has 0 atom stereocenters. The Kier molecular flexibility index (Phi) is 7.87. The minimum atomic E-state index is -0.601. The number of ether oxygens (including phenoxy) is 2. The normalized spacial score (nSPS) is 10.8. The summed E-state index contributed by atoms with van der Waals surface area (Å²) in [6.07, 6.45) is 1.48. The van der Waals surface area contributed by atoms with E-state index < -0.39 is 5.97 Å². The number of rotatable bonds is 7. The quantitative estimate of drug-likeness (QED) is 0.208. The van der Waals surface area contributed by atoms with Crippen LogP contribution in [-0.4, -0.2) is 24.7 Å². The average molecular weight is 471 g/mol. The summed E-state index contributed by atoms with van der Waals surface area (Å²) in [7, 11) is 0. The molecule has 0 saturated carbocycles. The summed E-state index contributed by atoms with van der Waals surface area (Å²) in [5, 5.41) is 4.60. The molecule has 0 radical (unpaired) electrons. The largest absolute Gasteiger partial charge is 0.490 e. The number of hydrogen-bond acceptors (Lipinski definition) is 5. The molecule has 0 aliphatic carbocycles. The van der Waals surface area contributed by atoms with Gasteiger partial charge in [-0.1, -0.05) is 41.4 Å². The van der Waals surface area contributed by atoms with Gasteiger partial charge in [0, 0.05) is 5.56 Å². The molecular weight excluding hydrogens is 451 g/mol. The number of hydrazone groups is 1. The van der Waals surface area contributed by atoms with Gasteiger partial charge in [0.05, 0.1) is 28.4 Å². The zero-order valence-electron chi connectivity index (χ0n) is 17.4. The van der Waals surface area contributed by atoms with Gasteiger partial charge in [-0.05, 0) is 67.4 Å². The maximum absolute atomic E-state index is 12.5. The first kappa shape index (κ1) is 23.3. The van der Waals surface area contributed by atoms with Crippen LogP contribution in [0.15, 0.2) is 65.8 Å². The Bertz CT molecular complexity index is 1180. The van der Waals surface area contributed by atoms with E-state index in [1.165, 1.54) is 24.4 Å². The summed E-state index contributed by atoms with van der Waals surface area (Å²) in [5.41, 5.74) is 4.80. The number of aryl methyl sites for hydroxylation is 1. The van der Waals surface area contributed by atoms with E-state index in [9.17, 15) is 9.59 Å². The third kappa shape index (κ3) is 5.87. The van der Waals surface area contributed by atoms with Gasteiger partial charge < -0.3 is 9.47 Å².